The first-order valence-electron chi connectivity index (χ1n) is 16.7. The van der Waals surface area contributed by atoms with Gasteiger partial charge in [-0.05, 0) is 38.5 Å². The summed E-state index contributed by atoms with van der Waals surface area (Å²) in [5.41, 5.74) is 5.70. The molecule has 0 aliphatic heterocycles. The van der Waals surface area contributed by atoms with E-state index in [9.17, 15) is 4.79 Å². The van der Waals surface area contributed by atoms with Gasteiger partial charge in [0.25, 0.3) is 0 Å². The minimum absolute atomic E-state index is 0.0641. The number of amides is 1. The van der Waals surface area contributed by atoms with Crippen LogP contribution in [-0.4, -0.2) is 5.91 Å². The highest BCUT2D eigenvalue weighted by molar-refractivity contribution is 5.76. The number of unbranched alkanes of at least 4 members (excludes halogenated alkanes) is 23. The third-order valence-corrected chi connectivity index (χ3v) is 7.87. The molecule has 0 aromatic carbocycles. The van der Waals surface area contributed by atoms with Gasteiger partial charge in [-0.3, -0.25) is 4.79 Å². The van der Waals surface area contributed by atoms with Crippen LogP contribution in [0, 0.1) is 5.92 Å². The number of nitrogens with two attached hydrogens (primary N) is 1. The molecule has 36 heavy (non-hydrogen) atoms. The fourth-order valence-electron chi connectivity index (χ4n) is 5.30. The Balaban J connectivity index is 3.44. The van der Waals surface area contributed by atoms with Crippen molar-refractivity contribution >= 4 is 5.91 Å². The van der Waals surface area contributed by atoms with Crippen molar-refractivity contribution in [1.29, 1.82) is 0 Å². The molecule has 0 aliphatic carbocycles. The summed E-state index contributed by atoms with van der Waals surface area (Å²) in [4.78, 5) is 11.8. The highest BCUT2D eigenvalue weighted by Crippen LogP contribution is 2.19. The number of allylic oxidation sites excluding steroid dienone is 2. The summed E-state index contributed by atoms with van der Waals surface area (Å²) in [6, 6.07) is 0. The van der Waals surface area contributed by atoms with Gasteiger partial charge >= 0.3 is 0 Å². The monoisotopic (exact) mass is 506 g/mol. The molecule has 2 nitrogen and oxygen atoms in total. The predicted molar refractivity (Wildman–Crippen MR) is 162 cm³/mol. The van der Waals surface area contributed by atoms with Gasteiger partial charge < -0.3 is 5.73 Å². The van der Waals surface area contributed by atoms with Gasteiger partial charge in [-0.2, -0.15) is 0 Å². The van der Waals surface area contributed by atoms with E-state index < -0.39 is 0 Å². The van der Waals surface area contributed by atoms with Crippen LogP contribution in [0.15, 0.2) is 12.2 Å². The SMILES string of the molecule is CCCCCCCC/C=C\CCCCCCCCC(CCCCCCCCCCCCCC)C(N)=O. The Morgan fingerprint density at radius 3 is 1.06 bits per heavy atom. The molecule has 0 spiro atoms. The number of hydrogen-bond acceptors (Lipinski definition) is 1. The van der Waals surface area contributed by atoms with Crippen LogP contribution in [0.2, 0.25) is 0 Å². The maximum absolute atomic E-state index is 11.8. The van der Waals surface area contributed by atoms with Crippen LogP contribution in [0.3, 0.4) is 0 Å². The van der Waals surface area contributed by atoms with Gasteiger partial charge in [0.2, 0.25) is 5.91 Å². The molecular formula is C34H67NO. The number of hydrogen-bond donors (Lipinski definition) is 1. The maximum Gasteiger partial charge on any atom is 0.220 e. The van der Waals surface area contributed by atoms with E-state index in [4.69, 9.17) is 5.73 Å². The summed E-state index contributed by atoms with van der Waals surface area (Å²) in [7, 11) is 0. The Bertz CT molecular complexity index is 458. The van der Waals surface area contributed by atoms with E-state index in [0.29, 0.717) is 0 Å². The van der Waals surface area contributed by atoms with Crippen molar-refractivity contribution in [3.05, 3.63) is 12.2 Å². The lowest BCUT2D eigenvalue weighted by molar-refractivity contribution is -0.122. The molecule has 0 saturated heterocycles. The molecule has 0 heterocycles. The van der Waals surface area contributed by atoms with Gasteiger partial charge in [0.05, 0.1) is 0 Å². The minimum Gasteiger partial charge on any atom is -0.369 e. The Hall–Kier alpha value is -0.790. The van der Waals surface area contributed by atoms with E-state index in [1.165, 1.54) is 167 Å². The molecule has 0 aromatic heterocycles. The first-order chi connectivity index (χ1) is 17.7. The van der Waals surface area contributed by atoms with Crippen LogP contribution >= 0.6 is 0 Å². The van der Waals surface area contributed by atoms with Crippen LogP contribution < -0.4 is 5.73 Å². The van der Waals surface area contributed by atoms with Gasteiger partial charge in [-0.15, -0.1) is 0 Å². The van der Waals surface area contributed by atoms with Crippen molar-refractivity contribution in [1.82, 2.24) is 0 Å². The first kappa shape index (κ1) is 35.2. The second-order valence-corrected chi connectivity index (χ2v) is 11.5. The van der Waals surface area contributed by atoms with Crippen LogP contribution in [0.1, 0.15) is 194 Å². The Kier molecular flexibility index (Phi) is 29.8. The van der Waals surface area contributed by atoms with Crippen LogP contribution in [0.5, 0.6) is 0 Å². The maximum atomic E-state index is 11.8. The molecule has 2 heteroatoms. The summed E-state index contributed by atoms with van der Waals surface area (Å²) in [6.45, 7) is 4.56. The van der Waals surface area contributed by atoms with Gasteiger partial charge in [0, 0.05) is 5.92 Å². The Morgan fingerprint density at radius 1 is 0.472 bits per heavy atom. The second kappa shape index (κ2) is 30.4. The van der Waals surface area contributed by atoms with Crippen molar-refractivity contribution in [2.24, 2.45) is 11.7 Å². The fourth-order valence-corrected chi connectivity index (χ4v) is 5.30. The zero-order chi connectivity index (χ0) is 26.4. The zero-order valence-electron chi connectivity index (χ0n) is 25.0. The summed E-state index contributed by atoms with van der Waals surface area (Å²) in [6.07, 6.45) is 41.8. The van der Waals surface area contributed by atoms with Crippen molar-refractivity contribution in [2.45, 2.75) is 194 Å². The summed E-state index contributed by atoms with van der Waals surface area (Å²) < 4.78 is 0. The number of rotatable bonds is 30. The van der Waals surface area contributed by atoms with E-state index in [-0.39, 0.29) is 11.8 Å². The lowest BCUT2D eigenvalue weighted by atomic mass is 9.93. The summed E-state index contributed by atoms with van der Waals surface area (Å²) >= 11 is 0. The summed E-state index contributed by atoms with van der Waals surface area (Å²) in [5, 5.41) is 0. The molecule has 1 amide bonds. The molecule has 0 aromatic rings. The number of carbonyl (C=O) groups excluding carboxylic acids is 1. The molecule has 0 saturated carbocycles. The van der Waals surface area contributed by atoms with E-state index in [1.807, 2.05) is 0 Å². The number of primary amides is 1. The lowest BCUT2D eigenvalue weighted by Crippen LogP contribution is -2.23. The third kappa shape index (κ3) is 27.8. The molecular weight excluding hydrogens is 438 g/mol. The molecule has 0 radical (unpaired) electrons. The first-order valence-corrected chi connectivity index (χ1v) is 16.7. The van der Waals surface area contributed by atoms with Crippen molar-refractivity contribution < 1.29 is 4.79 Å². The van der Waals surface area contributed by atoms with Gasteiger partial charge in [0.15, 0.2) is 0 Å². The largest absolute Gasteiger partial charge is 0.369 e. The van der Waals surface area contributed by atoms with E-state index >= 15 is 0 Å². The summed E-state index contributed by atoms with van der Waals surface area (Å²) in [5.74, 6) is 0.0516. The van der Waals surface area contributed by atoms with E-state index in [1.54, 1.807) is 0 Å². The van der Waals surface area contributed by atoms with Crippen LogP contribution in [-0.2, 0) is 4.79 Å². The van der Waals surface area contributed by atoms with E-state index in [2.05, 4.69) is 26.0 Å². The van der Waals surface area contributed by atoms with Gasteiger partial charge in [-0.25, -0.2) is 0 Å². The fraction of sp³-hybridized carbons (Fsp3) is 0.912. The smallest absolute Gasteiger partial charge is 0.220 e. The Morgan fingerprint density at radius 2 is 0.750 bits per heavy atom. The molecule has 0 rings (SSSR count). The molecule has 2 N–H and O–H groups in total. The second-order valence-electron chi connectivity index (χ2n) is 11.5. The van der Waals surface area contributed by atoms with Crippen LogP contribution in [0.25, 0.3) is 0 Å². The number of carbonyl (C=O) groups is 1. The van der Waals surface area contributed by atoms with Crippen molar-refractivity contribution in [2.75, 3.05) is 0 Å². The van der Waals surface area contributed by atoms with Crippen molar-refractivity contribution in [3.63, 3.8) is 0 Å². The zero-order valence-corrected chi connectivity index (χ0v) is 25.0. The molecule has 0 bridgehead atoms. The topological polar surface area (TPSA) is 43.1 Å². The third-order valence-electron chi connectivity index (χ3n) is 7.87. The normalized spacial score (nSPS) is 12.5. The lowest BCUT2D eigenvalue weighted by Gasteiger charge is -2.13. The standard InChI is InChI=1S/C34H67NO/c1-3-5-7-9-11-13-15-17-18-19-20-22-24-26-28-30-32-33(34(35)36)31-29-27-25-23-21-16-14-12-10-8-6-4-2/h17-18,33H,3-16,19-32H2,1-2H3,(H2,35,36)/b18-17-. The Labute approximate surface area is 228 Å². The minimum atomic E-state index is -0.0641. The highest BCUT2D eigenvalue weighted by atomic mass is 16.1. The van der Waals surface area contributed by atoms with Gasteiger partial charge in [-0.1, -0.05) is 167 Å². The average molecular weight is 506 g/mol. The van der Waals surface area contributed by atoms with Crippen molar-refractivity contribution in [3.8, 4) is 0 Å². The molecule has 0 fully saturated rings. The molecule has 1 atom stereocenters. The highest BCUT2D eigenvalue weighted by Gasteiger charge is 2.14. The van der Waals surface area contributed by atoms with Gasteiger partial charge in [0.1, 0.15) is 0 Å². The molecule has 0 aliphatic rings. The quantitative estimate of drug-likeness (QED) is 0.0765. The molecule has 214 valence electrons. The van der Waals surface area contributed by atoms with Crippen LogP contribution in [0.4, 0.5) is 0 Å². The predicted octanol–water partition coefficient (Wildman–Crippen LogP) is 11.6. The average Bonchev–Trinajstić information content (AvgIpc) is 2.87. The molecule has 1 unspecified atom stereocenters. The van der Waals surface area contributed by atoms with E-state index in [0.717, 1.165) is 12.8 Å².